The maximum Gasteiger partial charge on any atom is 1.00 e. The zero-order chi connectivity index (χ0) is 4.95. The summed E-state index contributed by atoms with van der Waals surface area (Å²) >= 11 is 0. The minimum Gasteiger partial charge on any atom is -0.472 e. The van der Waals surface area contributed by atoms with E-state index in [2.05, 4.69) is 16.1 Å². The van der Waals surface area contributed by atoms with E-state index in [0.717, 1.165) is 6.42 Å². The fourth-order valence-electron chi connectivity index (χ4n) is 0.330. The van der Waals surface area contributed by atoms with Gasteiger partial charge in [-0.15, -0.1) is 6.42 Å². The second kappa shape index (κ2) is 5.22. The third-order valence-electron chi connectivity index (χ3n) is 0.614. The summed E-state index contributed by atoms with van der Waals surface area (Å²) in [5.41, 5.74) is 0. The van der Waals surface area contributed by atoms with E-state index in [1.807, 2.05) is 0 Å². The van der Waals surface area contributed by atoms with Crippen molar-refractivity contribution in [2.45, 2.75) is 6.42 Å². The summed E-state index contributed by atoms with van der Waals surface area (Å²) in [6.07, 6.45) is 8.53. The molecule has 1 aliphatic heterocycles. The molecule has 0 bridgehead atoms. The zero-order valence-corrected chi connectivity index (χ0v) is 6.83. The Morgan fingerprint density at radius 1 is 1.38 bits per heavy atom. The van der Waals surface area contributed by atoms with Crippen molar-refractivity contribution in [1.29, 1.82) is 0 Å². The van der Waals surface area contributed by atoms with Gasteiger partial charge in [0.2, 0.25) is 0 Å². The molecule has 0 unspecified atom stereocenters. The molecule has 0 saturated heterocycles. The summed E-state index contributed by atoms with van der Waals surface area (Å²) in [5, 5.41) is 0. The van der Waals surface area contributed by atoms with E-state index in [0.29, 0.717) is 0 Å². The number of allylic oxidation sites excluding steroid dienone is 1. The molecule has 8 heavy (non-hydrogen) atoms. The van der Waals surface area contributed by atoms with Crippen LogP contribution in [-0.4, -0.2) is 12.6 Å². The quantitative estimate of drug-likeness (QED) is 0.254. The van der Waals surface area contributed by atoms with Crippen LogP contribution in [0.2, 0.25) is 0 Å². The Kier molecular flexibility index (Phi) is 5.27. The fourth-order valence-corrected chi connectivity index (χ4v) is 0.330. The first-order valence-electron chi connectivity index (χ1n) is 2.08. The second-order valence-corrected chi connectivity index (χ2v) is 1.13. The number of aliphatic imine (C=N–C) groups is 2. The fraction of sp³-hybridized carbons (Fsp3) is 0.200. The Hall–Kier alpha value is 0.0800. The zero-order valence-electron chi connectivity index (χ0n) is 4.83. The van der Waals surface area contributed by atoms with Crippen molar-refractivity contribution in [3.05, 3.63) is 12.3 Å². The summed E-state index contributed by atoms with van der Waals surface area (Å²) in [6, 6.07) is 0. The summed E-state index contributed by atoms with van der Waals surface area (Å²) in [6.45, 7) is 0. The molecule has 0 spiro atoms. The monoisotopic (exact) mass is 116 g/mol. The molecule has 1 heterocycles. The van der Waals surface area contributed by atoms with Crippen LogP contribution in [0.25, 0.3) is 0 Å². The SMILES string of the molecule is [C-]1=CN=CN=CC1.[Na+]. The molecule has 0 N–H and O–H groups in total. The van der Waals surface area contributed by atoms with Crippen LogP contribution in [0, 0.1) is 6.08 Å². The Morgan fingerprint density at radius 2 is 2.25 bits per heavy atom. The van der Waals surface area contributed by atoms with Crippen LogP contribution < -0.4 is 29.6 Å². The van der Waals surface area contributed by atoms with E-state index in [-0.39, 0.29) is 29.6 Å². The van der Waals surface area contributed by atoms with E-state index in [1.165, 1.54) is 6.34 Å². The molecule has 36 valence electrons. The van der Waals surface area contributed by atoms with Crippen molar-refractivity contribution in [1.82, 2.24) is 0 Å². The van der Waals surface area contributed by atoms with Crippen LogP contribution in [0.3, 0.4) is 0 Å². The maximum atomic E-state index is 3.76. The van der Waals surface area contributed by atoms with Crippen molar-refractivity contribution in [3.8, 4) is 0 Å². The number of hydrogen-bond donors (Lipinski definition) is 0. The molecule has 0 fully saturated rings. The Bertz CT molecular complexity index is 112. The van der Waals surface area contributed by atoms with Crippen molar-refractivity contribution in [3.63, 3.8) is 0 Å². The van der Waals surface area contributed by atoms with Crippen LogP contribution in [0.1, 0.15) is 6.42 Å². The predicted octanol–water partition coefficient (Wildman–Crippen LogP) is -2.19. The normalized spacial score (nSPS) is 15.0. The van der Waals surface area contributed by atoms with Crippen LogP contribution in [0.4, 0.5) is 0 Å². The topological polar surface area (TPSA) is 24.7 Å². The van der Waals surface area contributed by atoms with Gasteiger partial charge < -0.3 is 6.08 Å². The molecular formula is C5H5N2Na. The number of nitrogens with zero attached hydrogens (tertiary/aromatic N) is 2. The minimum absolute atomic E-state index is 0. The molecule has 3 heteroatoms. The Labute approximate surface area is 70.7 Å². The first-order valence-corrected chi connectivity index (χ1v) is 2.08. The third kappa shape index (κ3) is 3.13. The molecule has 0 saturated carbocycles. The second-order valence-electron chi connectivity index (χ2n) is 1.13. The molecule has 2 nitrogen and oxygen atoms in total. The van der Waals surface area contributed by atoms with E-state index in [9.17, 15) is 0 Å². The summed E-state index contributed by atoms with van der Waals surface area (Å²) in [5.74, 6) is 0. The standard InChI is InChI=1S/C5H5N2.Na/c1-2-4-7-5-6-3-1;/h3-5H,1H2;/q-1;+1. The van der Waals surface area contributed by atoms with Crippen LogP contribution in [0.5, 0.6) is 0 Å². The molecular weight excluding hydrogens is 111 g/mol. The average Bonchev–Trinajstić information content (AvgIpc) is 1.90. The van der Waals surface area contributed by atoms with Crippen LogP contribution in [-0.2, 0) is 0 Å². The van der Waals surface area contributed by atoms with Gasteiger partial charge in [0.1, 0.15) is 6.34 Å². The van der Waals surface area contributed by atoms with Gasteiger partial charge >= 0.3 is 29.6 Å². The van der Waals surface area contributed by atoms with E-state index < -0.39 is 0 Å². The van der Waals surface area contributed by atoms with Crippen molar-refractivity contribution >= 4 is 12.6 Å². The molecule has 0 aromatic carbocycles. The third-order valence-corrected chi connectivity index (χ3v) is 0.614. The molecule has 0 amide bonds. The van der Waals surface area contributed by atoms with Gasteiger partial charge in [0.15, 0.2) is 0 Å². The van der Waals surface area contributed by atoms with Gasteiger partial charge in [-0.3, -0.25) is 9.98 Å². The predicted molar refractivity (Wildman–Crippen MR) is 29.4 cm³/mol. The average molecular weight is 116 g/mol. The largest absolute Gasteiger partial charge is 1.00 e. The van der Waals surface area contributed by atoms with Crippen molar-refractivity contribution in [2.24, 2.45) is 9.98 Å². The van der Waals surface area contributed by atoms with Crippen molar-refractivity contribution in [2.75, 3.05) is 0 Å². The Morgan fingerprint density at radius 3 is 3.12 bits per heavy atom. The van der Waals surface area contributed by atoms with Gasteiger partial charge in [0, 0.05) is 0 Å². The van der Waals surface area contributed by atoms with Gasteiger partial charge in [-0.25, -0.2) is 0 Å². The first kappa shape index (κ1) is 8.08. The summed E-state index contributed by atoms with van der Waals surface area (Å²) in [7, 11) is 0. The number of rotatable bonds is 0. The van der Waals surface area contributed by atoms with Gasteiger partial charge in [-0.1, -0.05) is 0 Å². The molecule has 1 rings (SSSR count). The molecule has 0 aromatic heterocycles. The Balaban J connectivity index is 0.000000490. The minimum atomic E-state index is 0. The van der Waals surface area contributed by atoms with Gasteiger partial charge in [-0.05, 0) is 6.21 Å². The molecule has 0 aliphatic carbocycles. The maximum absolute atomic E-state index is 3.76. The molecule has 0 aromatic rings. The van der Waals surface area contributed by atoms with E-state index in [4.69, 9.17) is 0 Å². The van der Waals surface area contributed by atoms with E-state index in [1.54, 1.807) is 12.4 Å². The van der Waals surface area contributed by atoms with Gasteiger partial charge in [-0.2, -0.15) is 6.20 Å². The smallest absolute Gasteiger partial charge is 0.472 e. The van der Waals surface area contributed by atoms with Crippen LogP contribution in [0.15, 0.2) is 16.2 Å². The summed E-state index contributed by atoms with van der Waals surface area (Å²) in [4.78, 5) is 7.47. The van der Waals surface area contributed by atoms with Gasteiger partial charge in [0.25, 0.3) is 0 Å². The molecule has 0 atom stereocenters. The van der Waals surface area contributed by atoms with E-state index >= 15 is 0 Å². The van der Waals surface area contributed by atoms with Gasteiger partial charge in [0.05, 0.1) is 0 Å². The molecule has 1 aliphatic rings. The van der Waals surface area contributed by atoms with Crippen molar-refractivity contribution < 1.29 is 29.6 Å². The summed E-state index contributed by atoms with van der Waals surface area (Å²) < 4.78 is 0. The molecule has 0 radical (unpaired) electrons. The number of hydrogen-bond acceptors (Lipinski definition) is 2. The first-order chi connectivity index (χ1) is 3.50. The van der Waals surface area contributed by atoms with Crippen LogP contribution >= 0.6 is 0 Å².